The van der Waals surface area contributed by atoms with E-state index in [4.69, 9.17) is 4.74 Å². The summed E-state index contributed by atoms with van der Waals surface area (Å²) < 4.78 is 5.80. The van der Waals surface area contributed by atoms with Crippen LogP contribution in [-0.4, -0.2) is 25.8 Å². The highest BCUT2D eigenvalue weighted by atomic mass is 16.5. The van der Waals surface area contributed by atoms with Crippen molar-refractivity contribution in [1.29, 1.82) is 0 Å². The Balaban J connectivity index is 2.11. The molecular weight excluding hydrogens is 210 g/mol. The molecule has 1 heterocycles. The fourth-order valence-corrected chi connectivity index (χ4v) is 2.72. The summed E-state index contributed by atoms with van der Waals surface area (Å²) in [6.45, 7) is 7.37. The molecular formula is C15H23NO. The standard InChI is InChI=1S/C15H23NO/c1-3-16-12-15(9-10-17-13(15)2)11-14-7-5-4-6-8-14/h4-8,13,16H,3,9-12H2,1-2H3. The first kappa shape index (κ1) is 12.6. The van der Waals surface area contributed by atoms with Gasteiger partial charge in [-0.05, 0) is 31.9 Å². The zero-order valence-corrected chi connectivity index (χ0v) is 10.9. The lowest BCUT2D eigenvalue weighted by molar-refractivity contribution is 0.0633. The highest BCUT2D eigenvalue weighted by molar-refractivity contribution is 5.18. The average molecular weight is 233 g/mol. The Labute approximate surface area is 104 Å². The molecule has 2 nitrogen and oxygen atoms in total. The molecule has 0 bridgehead atoms. The van der Waals surface area contributed by atoms with Crippen LogP contribution in [0.2, 0.25) is 0 Å². The Hall–Kier alpha value is -0.860. The van der Waals surface area contributed by atoms with Crippen molar-refractivity contribution in [2.45, 2.75) is 32.8 Å². The van der Waals surface area contributed by atoms with E-state index in [-0.39, 0.29) is 5.41 Å². The largest absolute Gasteiger partial charge is 0.378 e. The predicted molar refractivity (Wildman–Crippen MR) is 71.2 cm³/mol. The summed E-state index contributed by atoms with van der Waals surface area (Å²) in [5, 5.41) is 3.50. The first-order chi connectivity index (χ1) is 8.27. The van der Waals surface area contributed by atoms with Gasteiger partial charge in [0.2, 0.25) is 0 Å². The van der Waals surface area contributed by atoms with Crippen LogP contribution in [0.1, 0.15) is 25.8 Å². The van der Waals surface area contributed by atoms with Crippen LogP contribution < -0.4 is 5.32 Å². The Bertz CT molecular complexity index is 338. The van der Waals surface area contributed by atoms with Crippen molar-refractivity contribution in [3.63, 3.8) is 0 Å². The SMILES string of the molecule is CCNCC1(Cc2ccccc2)CCOC1C. The lowest BCUT2D eigenvalue weighted by Crippen LogP contribution is -2.41. The van der Waals surface area contributed by atoms with E-state index < -0.39 is 0 Å². The first-order valence-corrected chi connectivity index (χ1v) is 6.63. The number of hydrogen-bond acceptors (Lipinski definition) is 2. The molecule has 1 aromatic rings. The molecule has 1 aliphatic heterocycles. The lowest BCUT2D eigenvalue weighted by atomic mass is 9.76. The van der Waals surface area contributed by atoms with Gasteiger partial charge in [-0.25, -0.2) is 0 Å². The molecule has 1 aliphatic rings. The van der Waals surface area contributed by atoms with E-state index in [1.807, 2.05) is 0 Å². The number of hydrogen-bond donors (Lipinski definition) is 1. The average Bonchev–Trinajstić information content (AvgIpc) is 2.70. The Morgan fingerprint density at radius 1 is 1.35 bits per heavy atom. The zero-order chi connectivity index (χ0) is 12.1. The maximum Gasteiger partial charge on any atom is 0.0619 e. The molecule has 0 amide bonds. The summed E-state index contributed by atoms with van der Waals surface area (Å²) in [5.41, 5.74) is 1.69. The second kappa shape index (κ2) is 5.65. The van der Waals surface area contributed by atoms with Crippen LogP contribution in [0, 0.1) is 5.41 Å². The summed E-state index contributed by atoms with van der Waals surface area (Å²) in [6.07, 6.45) is 2.62. The molecule has 0 saturated carbocycles. The third-order valence-electron chi connectivity index (χ3n) is 3.96. The molecule has 2 unspecified atom stereocenters. The van der Waals surface area contributed by atoms with Crippen LogP contribution in [-0.2, 0) is 11.2 Å². The van der Waals surface area contributed by atoms with Crippen molar-refractivity contribution in [2.24, 2.45) is 5.41 Å². The highest BCUT2D eigenvalue weighted by Crippen LogP contribution is 2.37. The summed E-state index contributed by atoms with van der Waals surface area (Å²) in [5.74, 6) is 0. The van der Waals surface area contributed by atoms with Gasteiger partial charge in [-0.15, -0.1) is 0 Å². The van der Waals surface area contributed by atoms with Gasteiger partial charge in [0, 0.05) is 18.6 Å². The van der Waals surface area contributed by atoms with Gasteiger partial charge in [-0.1, -0.05) is 37.3 Å². The number of benzene rings is 1. The molecule has 2 atom stereocenters. The molecule has 17 heavy (non-hydrogen) atoms. The van der Waals surface area contributed by atoms with Gasteiger partial charge < -0.3 is 10.1 Å². The molecule has 0 aliphatic carbocycles. The maximum absolute atomic E-state index is 5.80. The van der Waals surface area contributed by atoms with Gasteiger partial charge in [0.1, 0.15) is 0 Å². The Kier molecular flexibility index (Phi) is 4.19. The minimum Gasteiger partial charge on any atom is -0.378 e. The van der Waals surface area contributed by atoms with Gasteiger partial charge >= 0.3 is 0 Å². The third kappa shape index (κ3) is 2.88. The fourth-order valence-electron chi connectivity index (χ4n) is 2.72. The molecule has 1 N–H and O–H groups in total. The third-order valence-corrected chi connectivity index (χ3v) is 3.96. The van der Waals surface area contributed by atoms with Gasteiger partial charge in [0.25, 0.3) is 0 Å². The molecule has 94 valence electrons. The molecule has 0 aromatic heterocycles. The van der Waals surface area contributed by atoms with Crippen LogP contribution in [0.5, 0.6) is 0 Å². The van der Waals surface area contributed by atoms with Gasteiger partial charge in [0.05, 0.1) is 6.10 Å². The minimum atomic E-state index is 0.275. The van der Waals surface area contributed by atoms with E-state index in [0.29, 0.717) is 6.10 Å². The topological polar surface area (TPSA) is 21.3 Å². The van der Waals surface area contributed by atoms with Gasteiger partial charge in [-0.3, -0.25) is 0 Å². The Morgan fingerprint density at radius 3 is 2.71 bits per heavy atom. The fraction of sp³-hybridized carbons (Fsp3) is 0.600. The molecule has 1 fully saturated rings. The van der Waals surface area contributed by atoms with E-state index in [2.05, 4.69) is 49.5 Å². The molecule has 0 radical (unpaired) electrons. The van der Waals surface area contributed by atoms with Crippen LogP contribution in [0.15, 0.2) is 30.3 Å². The normalized spacial score (nSPS) is 28.5. The lowest BCUT2D eigenvalue weighted by Gasteiger charge is -2.32. The van der Waals surface area contributed by atoms with E-state index in [0.717, 1.165) is 32.5 Å². The summed E-state index contributed by atoms with van der Waals surface area (Å²) >= 11 is 0. The molecule has 2 heteroatoms. The van der Waals surface area contributed by atoms with Crippen molar-refractivity contribution in [3.05, 3.63) is 35.9 Å². The second-order valence-corrected chi connectivity index (χ2v) is 5.07. The predicted octanol–water partition coefficient (Wildman–Crippen LogP) is 2.63. The van der Waals surface area contributed by atoms with Crippen molar-refractivity contribution in [2.75, 3.05) is 19.7 Å². The number of nitrogens with one attached hydrogen (secondary N) is 1. The number of ether oxygens (including phenoxy) is 1. The van der Waals surface area contributed by atoms with Crippen molar-refractivity contribution in [1.82, 2.24) is 5.32 Å². The van der Waals surface area contributed by atoms with E-state index >= 15 is 0 Å². The second-order valence-electron chi connectivity index (χ2n) is 5.07. The van der Waals surface area contributed by atoms with Gasteiger partial charge in [0.15, 0.2) is 0 Å². The quantitative estimate of drug-likeness (QED) is 0.844. The molecule has 2 rings (SSSR count). The van der Waals surface area contributed by atoms with E-state index in [1.54, 1.807) is 0 Å². The van der Waals surface area contributed by atoms with Crippen molar-refractivity contribution >= 4 is 0 Å². The zero-order valence-electron chi connectivity index (χ0n) is 10.9. The van der Waals surface area contributed by atoms with E-state index in [1.165, 1.54) is 5.56 Å². The summed E-state index contributed by atoms with van der Waals surface area (Å²) in [4.78, 5) is 0. The molecule has 0 spiro atoms. The minimum absolute atomic E-state index is 0.275. The Morgan fingerprint density at radius 2 is 2.12 bits per heavy atom. The van der Waals surface area contributed by atoms with Crippen LogP contribution in [0.3, 0.4) is 0 Å². The van der Waals surface area contributed by atoms with E-state index in [9.17, 15) is 0 Å². The monoisotopic (exact) mass is 233 g/mol. The summed E-state index contributed by atoms with van der Waals surface area (Å²) in [7, 11) is 0. The highest BCUT2D eigenvalue weighted by Gasteiger charge is 2.40. The molecule has 1 aromatic carbocycles. The van der Waals surface area contributed by atoms with Crippen LogP contribution in [0.4, 0.5) is 0 Å². The van der Waals surface area contributed by atoms with Crippen molar-refractivity contribution < 1.29 is 4.74 Å². The van der Waals surface area contributed by atoms with Crippen LogP contribution >= 0.6 is 0 Å². The first-order valence-electron chi connectivity index (χ1n) is 6.63. The van der Waals surface area contributed by atoms with Crippen molar-refractivity contribution in [3.8, 4) is 0 Å². The molecule has 1 saturated heterocycles. The smallest absolute Gasteiger partial charge is 0.0619 e. The van der Waals surface area contributed by atoms with Gasteiger partial charge in [-0.2, -0.15) is 0 Å². The van der Waals surface area contributed by atoms with Crippen LogP contribution in [0.25, 0.3) is 0 Å². The maximum atomic E-state index is 5.80. The number of rotatable bonds is 5. The summed E-state index contributed by atoms with van der Waals surface area (Å²) in [6, 6.07) is 10.8.